The van der Waals surface area contributed by atoms with Crippen LogP contribution in [0.3, 0.4) is 0 Å². The van der Waals surface area contributed by atoms with E-state index in [9.17, 15) is 9.18 Å². The molecule has 1 heterocycles. The van der Waals surface area contributed by atoms with Gasteiger partial charge in [-0.05, 0) is 48.6 Å². The van der Waals surface area contributed by atoms with E-state index < -0.39 is 0 Å². The molecule has 0 bridgehead atoms. The monoisotopic (exact) mass is 293 g/mol. The normalized spacial score (nSPS) is 10.6. The van der Waals surface area contributed by atoms with E-state index in [1.54, 1.807) is 18.0 Å². The zero-order valence-corrected chi connectivity index (χ0v) is 12.5. The number of halogens is 1. The molecule has 1 amide bonds. The second-order valence-electron chi connectivity index (χ2n) is 4.78. The molecule has 1 aromatic heterocycles. The fraction of sp³-hybridized carbons (Fsp3) is 0.357. The highest BCUT2D eigenvalue weighted by Crippen LogP contribution is 2.15. The second kappa shape index (κ2) is 6.09. The lowest BCUT2D eigenvalue weighted by atomic mass is 10.1. The summed E-state index contributed by atoms with van der Waals surface area (Å²) in [6, 6.07) is 4.51. The molecule has 6 heteroatoms. The van der Waals surface area contributed by atoms with Crippen molar-refractivity contribution in [2.75, 3.05) is 7.05 Å². The third-order valence-corrected chi connectivity index (χ3v) is 4.01. The van der Waals surface area contributed by atoms with E-state index in [0.29, 0.717) is 6.54 Å². The van der Waals surface area contributed by atoms with Crippen molar-refractivity contribution in [3.8, 4) is 0 Å². The number of carbonyl (C=O) groups is 1. The number of nitrogens with zero attached hydrogens (tertiary/aromatic N) is 3. The summed E-state index contributed by atoms with van der Waals surface area (Å²) < 4.78 is 17.1. The third-order valence-electron chi connectivity index (χ3n) is 3.20. The highest BCUT2D eigenvalue weighted by Gasteiger charge is 2.14. The lowest BCUT2D eigenvalue weighted by Gasteiger charge is -2.17. The van der Waals surface area contributed by atoms with E-state index in [1.807, 2.05) is 13.8 Å². The van der Waals surface area contributed by atoms with Gasteiger partial charge in [-0.1, -0.05) is 10.6 Å². The Morgan fingerprint density at radius 3 is 2.80 bits per heavy atom. The van der Waals surface area contributed by atoms with Crippen LogP contribution < -0.4 is 0 Å². The zero-order chi connectivity index (χ0) is 14.7. The lowest BCUT2D eigenvalue weighted by molar-refractivity contribution is -0.129. The van der Waals surface area contributed by atoms with Gasteiger partial charge in [0.1, 0.15) is 5.82 Å². The van der Waals surface area contributed by atoms with Crippen LogP contribution in [0.5, 0.6) is 0 Å². The minimum Gasteiger partial charge on any atom is -0.340 e. The molecule has 1 aromatic carbocycles. The summed E-state index contributed by atoms with van der Waals surface area (Å²) in [7, 11) is 1.73. The highest BCUT2D eigenvalue weighted by molar-refractivity contribution is 7.05. The maximum Gasteiger partial charge on any atom is 0.227 e. The summed E-state index contributed by atoms with van der Waals surface area (Å²) in [5, 5.41) is 3.92. The highest BCUT2D eigenvalue weighted by atomic mass is 32.1. The van der Waals surface area contributed by atoms with Crippen molar-refractivity contribution in [1.82, 2.24) is 14.5 Å². The molecule has 0 saturated heterocycles. The maximum absolute atomic E-state index is 13.2. The van der Waals surface area contributed by atoms with E-state index in [0.717, 1.165) is 21.7 Å². The molecule has 0 aliphatic rings. The van der Waals surface area contributed by atoms with Crippen molar-refractivity contribution >= 4 is 17.4 Å². The summed E-state index contributed by atoms with van der Waals surface area (Å²) in [6.07, 6.45) is 0.200. The van der Waals surface area contributed by atoms with Gasteiger partial charge in [-0.2, -0.15) is 0 Å². The van der Waals surface area contributed by atoms with Crippen molar-refractivity contribution < 1.29 is 9.18 Å². The summed E-state index contributed by atoms with van der Waals surface area (Å²) >= 11 is 1.29. The van der Waals surface area contributed by atoms with E-state index in [2.05, 4.69) is 9.59 Å². The van der Waals surface area contributed by atoms with Crippen LogP contribution in [-0.2, 0) is 17.8 Å². The first-order valence-electron chi connectivity index (χ1n) is 6.24. The molecule has 0 unspecified atom stereocenters. The molecular formula is C14H16FN3OS. The fourth-order valence-electron chi connectivity index (χ4n) is 1.83. The maximum atomic E-state index is 13.2. The summed E-state index contributed by atoms with van der Waals surface area (Å²) in [5.41, 5.74) is 2.49. The summed E-state index contributed by atoms with van der Waals surface area (Å²) in [4.78, 5) is 14.8. The van der Waals surface area contributed by atoms with Crippen LogP contribution in [0.25, 0.3) is 0 Å². The van der Waals surface area contributed by atoms with Crippen LogP contribution >= 0.6 is 11.5 Å². The number of benzene rings is 1. The van der Waals surface area contributed by atoms with E-state index >= 15 is 0 Å². The third kappa shape index (κ3) is 3.39. The zero-order valence-electron chi connectivity index (χ0n) is 11.7. The molecule has 2 aromatic rings. The molecule has 0 aliphatic carbocycles. The van der Waals surface area contributed by atoms with Gasteiger partial charge in [-0.25, -0.2) is 4.39 Å². The van der Waals surface area contributed by atoms with Gasteiger partial charge in [-0.15, -0.1) is 5.10 Å². The van der Waals surface area contributed by atoms with Gasteiger partial charge in [0.25, 0.3) is 0 Å². The molecule has 0 saturated carbocycles. The molecule has 0 radical (unpaired) electrons. The predicted octanol–water partition coefficient (Wildman–Crippen LogP) is 2.50. The number of hydrogen-bond donors (Lipinski definition) is 0. The van der Waals surface area contributed by atoms with Crippen LogP contribution in [0.15, 0.2) is 18.2 Å². The number of hydrogen-bond acceptors (Lipinski definition) is 4. The van der Waals surface area contributed by atoms with Crippen molar-refractivity contribution in [1.29, 1.82) is 0 Å². The Balaban J connectivity index is 2.04. The minimum absolute atomic E-state index is 0.0495. The number of carbonyl (C=O) groups excluding carboxylic acids is 1. The summed E-state index contributed by atoms with van der Waals surface area (Å²) in [6.45, 7) is 4.23. The van der Waals surface area contributed by atoms with Gasteiger partial charge in [-0.3, -0.25) is 4.79 Å². The minimum atomic E-state index is -0.316. The second-order valence-corrected chi connectivity index (χ2v) is 5.62. The first kappa shape index (κ1) is 14.6. The lowest BCUT2D eigenvalue weighted by Crippen LogP contribution is -2.27. The SMILES string of the molecule is Cc1ccc(F)cc1CC(=O)N(C)Cc1snnc1C. The first-order chi connectivity index (χ1) is 9.47. The molecule has 0 atom stereocenters. The number of amides is 1. The molecule has 20 heavy (non-hydrogen) atoms. The topological polar surface area (TPSA) is 46.1 Å². The average Bonchev–Trinajstić information content (AvgIpc) is 2.79. The number of aryl methyl sites for hydroxylation is 2. The van der Waals surface area contributed by atoms with Crippen molar-refractivity contribution in [2.45, 2.75) is 26.8 Å². The van der Waals surface area contributed by atoms with Gasteiger partial charge in [0, 0.05) is 7.05 Å². The van der Waals surface area contributed by atoms with Crippen LogP contribution in [0.2, 0.25) is 0 Å². The number of rotatable bonds is 4. The largest absolute Gasteiger partial charge is 0.340 e. The molecule has 2 rings (SSSR count). The van der Waals surface area contributed by atoms with Gasteiger partial charge in [0.05, 0.1) is 23.5 Å². The number of aromatic nitrogens is 2. The standard InChI is InChI=1S/C14H16FN3OS/c1-9-4-5-12(15)6-11(9)7-14(19)18(3)8-13-10(2)16-17-20-13/h4-6H,7-8H2,1-3H3. The average molecular weight is 293 g/mol. The molecule has 0 aliphatic heterocycles. The van der Waals surface area contributed by atoms with Crippen LogP contribution in [0, 0.1) is 19.7 Å². The van der Waals surface area contributed by atoms with Crippen molar-refractivity contribution in [3.05, 3.63) is 45.7 Å². The fourth-order valence-corrected chi connectivity index (χ4v) is 2.51. The van der Waals surface area contributed by atoms with E-state index in [4.69, 9.17) is 0 Å². The van der Waals surface area contributed by atoms with Crippen molar-refractivity contribution in [2.24, 2.45) is 0 Å². The van der Waals surface area contributed by atoms with Crippen LogP contribution in [0.1, 0.15) is 21.7 Å². The Morgan fingerprint density at radius 2 is 2.15 bits per heavy atom. The molecule has 0 fully saturated rings. The molecule has 0 spiro atoms. The Bertz CT molecular complexity index is 627. The first-order valence-corrected chi connectivity index (χ1v) is 7.01. The van der Waals surface area contributed by atoms with Gasteiger partial charge in [0.15, 0.2) is 0 Å². The number of likely N-dealkylation sites (N-methyl/N-ethyl adjacent to an activating group) is 1. The van der Waals surface area contributed by atoms with Crippen LogP contribution in [0.4, 0.5) is 4.39 Å². The van der Waals surface area contributed by atoms with Gasteiger partial charge < -0.3 is 4.90 Å². The molecule has 0 N–H and O–H groups in total. The quantitative estimate of drug-likeness (QED) is 0.870. The van der Waals surface area contributed by atoms with Crippen molar-refractivity contribution in [3.63, 3.8) is 0 Å². The molecule has 4 nitrogen and oxygen atoms in total. The van der Waals surface area contributed by atoms with E-state index in [-0.39, 0.29) is 18.1 Å². The predicted molar refractivity (Wildman–Crippen MR) is 76.0 cm³/mol. The van der Waals surface area contributed by atoms with E-state index in [1.165, 1.54) is 23.7 Å². The van der Waals surface area contributed by atoms with Crippen LogP contribution in [-0.4, -0.2) is 27.4 Å². The Labute approximate surface area is 121 Å². The Kier molecular flexibility index (Phi) is 4.44. The Morgan fingerprint density at radius 1 is 1.40 bits per heavy atom. The molecule has 106 valence electrons. The van der Waals surface area contributed by atoms with Gasteiger partial charge >= 0.3 is 0 Å². The Hall–Kier alpha value is -1.82. The molecular weight excluding hydrogens is 277 g/mol. The smallest absolute Gasteiger partial charge is 0.227 e. The summed E-state index contributed by atoms with van der Waals surface area (Å²) in [5.74, 6) is -0.366. The van der Waals surface area contributed by atoms with Gasteiger partial charge in [0.2, 0.25) is 5.91 Å².